The van der Waals surface area contributed by atoms with Crippen LogP contribution in [-0.4, -0.2) is 14.9 Å². The van der Waals surface area contributed by atoms with Gasteiger partial charge in [-0.25, -0.2) is 0 Å². The zero-order chi connectivity index (χ0) is 14.7. The van der Waals surface area contributed by atoms with E-state index in [1.165, 1.54) is 6.07 Å². The van der Waals surface area contributed by atoms with Crippen molar-refractivity contribution in [1.82, 2.24) is 9.97 Å². The fourth-order valence-corrected chi connectivity index (χ4v) is 2.43. The number of halogens is 1. The topological polar surface area (TPSA) is 81.0 Å². The standard InChI is InChI=1S/C13H13BrN4O2/c1-8-13(16-6-5-15-8)9(2)17-10-3-4-12(18(19)20)11(14)7-10/h3-7,9,17H,1-2H3. The lowest BCUT2D eigenvalue weighted by atomic mass is 10.1. The van der Waals surface area contributed by atoms with Crippen LogP contribution in [-0.2, 0) is 0 Å². The fourth-order valence-electron chi connectivity index (χ4n) is 1.91. The Hall–Kier alpha value is -2.02. The molecule has 0 spiro atoms. The Labute approximate surface area is 124 Å². The second-order valence-corrected chi connectivity index (χ2v) is 5.17. The monoisotopic (exact) mass is 336 g/mol. The third kappa shape index (κ3) is 3.11. The highest BCUT2D eigenvalue weighted by Gasteiger charge is 2.14. The summed E-state index contributed by atoms with van der Waals surface area (Å²) in [7, 11) is 0. The van der Waals surface area contributed by atoms with Crippen molar-refractivity contribution in [3.8, 4) is 0 Å². The van der Waals surface area contributed by atoms with Crippen LogP contribution in [0.1, 0.15) is 24.4 Å². The van der Waals surface area contributed by atoms with Gasteiger partial charge in [0.15, 0.2) is 0 Å². The maximum absolute atomic E-state index is 10.8. The molecule has 1 N–H and O–H groups in total. The zero-order valence-electron chi connectivity index (χ0n) is 11.0. The van der Waals surface area contributed by atoms with E-state index in [0.29, 0.717) is 4.47 Å². The number of aryl methyl sites for hydroxylation is 1. The van der Waals surface area contributed by atoms with Gasteiger partial charge in [0.25, 0.3) is 5.69 Å². The van der Waals surface area contributed by atoms with E-state index in [1.807, 2.05) is 13.8 Å². The van der Waals surface area contributed by atoms with Gasteiger partial charge in [-0.05, 0) is 41.9 Å². The molecule has 20 heavy (non-hydrogen) atoms. The number of nitrogens with zero attached hydrogens (tertiary/aromatic N) is 3. The first-order valence-electron chi connectivity index (χ1n) is 5.97. The summed E-state index contributed by atoms with van der Waals surface area (Å²) in [5, 5.41) is 14.0. The molecule has 1 aromatic heterocycles. The Morgan fingerprint density at radius 3 is 2.65 bits per heavy atom. The molecule has 0 bridgehead atoms. The number of rotatable bonds is 4. The summed E-state index contributed by atoms with van der Waals surface area (Å²) < 4.78 is 0.440. The van der Waals surface area contributed by atoms with Crippen LogP contribution in [0.4, 0.5) is 11.4 Å². The fraction of sp³-hybridized carbons (Fsp3) is 0.231. The van der Waals surface area contributed by atoms with Gasteiger partial charge in [0.1, 0.15) is 0 Å². The molecule has 1 atom stereocenters. The van der Waals surface area contributed by atoms with Crippen LogP contribution in [0, 0.1) is 17.0 Å². The Morgan fingerprint density at radius 2 is 2.05 bits per heavy atom. The first kappa shape index (κ1) is 14.4. The van der Waals surface area contributed by atoms with Crippen molar-refractivity contribution in [2.24, 2.45) is 0 Å². The van der Waals surface area contributed by atoms with E-state index >= 15 is 0 Å². The summed E-state index contributed by atoms with van der Waals surface area (Å²) in [6.07, 6.45) is 3.29. The average molecular weight is 337 g/mol. The Morgan fingerprint density at radius 1 is 1.35 bits per heavy atom. The summed E-state index contributed by atoms with van der Waals surface area (Å²) in [5.74, 6) is 0. The normalized spacial score (nSPS) is 11.9. The van der Waals surface area contributed by atoms with Crippen molar-refractivity contribution in [3.63, 3.8) is 0 Å². The molecule has 0 aliphatic heterocycles. The SMILES string of the molecule is Cc1nccnc1C(C)Nc1ccc([N+](=O)[O-])c(Br)c1. The lowest BCUT2D eigenvalue weighted by Gasteiger charge is -2.16. The van der Waals surface area contributed by atoms with Crippen molar-refractivity contribution in [2.75, 3.05) is 5.32 Å². The Bertz CT molecular complexity index is 648. The van der Waals surface area contributed by atoms with Crippen molar-refractivity contribution in [2.45, 2.75) is 19.9 Å². The van der Waals surface area contributed by atoms with Crippen molar-refractivity contribution >= 4 is 27.3 Å². The zero-order valence-corrected chi connectivity index (χ0v) is 12.6. The molecule has 1 aromatic carbocycles. The highest BCUT2D eigenvalue weighted by molar-refractivity contribution is 9.10. The van der Waals surface area contributed by atoms with E-state index in [-0.39, 0.29) is 11.7 Å². The van der Waals surface area contributed by atoms with Gasteiger partial charge in [-0.2, -0.15) is 0 Å². The number of nitrogens with one attached hydrogen (secondary N) is 1. The molecular formula is C13H13BrN4O2. The molecule has 0 amide bonds. The molecular weight excluding hydrogens is 324 g/mol. The van der Waals surface area contributed by atoms with Crippen LogP contribution in [0.15, 0.2) is 35.1 Å². The summed E-state index contributed by atoms with van der Waals surface area (Å²) in [6.45, 7) is 3.86. The highest BCUT2D eigenvalue weighted by Crippen LogP contribution is 2.29. The molecule has 6 nitrogen and oxygen atoms in total. The number of nitro groups is 1. The van der Waals surface area contributed by atoms with Crippen LogP contribution >= 0.6 is 15.9 Å². The average Bonchev–Trinajstić information content (AvgIpc) is 2.38. The van der Waals surface area contributed by atoms with Crippen LogP contribution in [0.25, 0.3) is 0 Å². The second kappa shape index (κ2) is 5.96. The third-order valence-corrected chi connectivity index (χ3v) is 3.49. The molecule has 0 radical (unpaired) electrons. The summed E-state index contributed by atoms with van der Waals surface area (Å²) in [5.41, 5.74) is 2.52. The van der Waals surface area contributed by atoms with Gasteiger partial charge in [-0.15, -0.1) is 0 Å². The minimum Gasteiger partial charge on any atom is -0.377 e. The molecule has 1 unspecified atom stereocenters. The van der Waals surface area contributed by atoms with Crippen LogP contribution in [0.5, 0.6) is 0 Å². The number of anilines is 1. The number of hydrogen-bond donors (Lipinski definition) is 1. The molecule has 0 saturated carbocycles. The van der Waals surface area contributed by atoms with Crippen LogP contribution < -0.4 is 5.32 Å². The van der Waals surface area contributed by atoms with E-state index in [4.69, 9.17) is 0 Å². The minimum atomic E-state index is -0.426. The lowest BCUT2D eigenvalue weighted by Crippen LogP contribution is -2.11. The molecule has 1 heterocycles. The Balaban J connectivity index is 2.20. The van der Waals surface area contributed by atoms with Gasteiger partial charge < -0.3 is 5.32 Å². The molecule has 0 aliphatic rings. The summed E-state index contributed by atoms with van der Waals surface area (Å²) >= 11 is 3.20. The van der Waals surface area contributed by atoms with E-state index in [2.05, 4.69) is 31.2 Å². The van der Waals surface area contributed by atoms with E-state index in [0.717, 1.165) is 17.1 Å². The first-order chi connectivity index (χ1) is 9.49. The molecule has 7 heteroatoms. The highest BCUT2D eigenvalue weighted by atomic mass is 79.9. The molecule has 2 rings (SSSR count). The van der Waals surface area contributed by atoms with Crippen LogP contribution in [0.3, 0.4) is 0 Å². The van der Waals surface area contributed by atoms with Gasteiger partial charge >= 0.3 is 0 Å². The van der Waals surface area contributed by atoms with Crippen molar-refractivity contribution in [1.29, 1.82) is 0 Å². The maximum Gasteiger partial charge on any atom is 0.283 e. The number of benzene rings is 1. The lowest BCUT2D eigenvalue weighted by molar-refractivity contribution is -0.385. The van der Waals surface area contributed by atoms with Gasteiger partial charge in [0.05, 0.1) is 26.8 Å². The number of hydrogen-bond acceptors (Lipinski definition) is 5. The van der Waals surface area contributed by atoms with Gasteiger partial charge in [0, 0.05) is 24.1 Å². The Kier molecular flexibility index (Phi) is 4.29. The predicted octanol–water partition coefficient (Wildman–Crippen LogP) is 3.63. The molecule has 0 aliphatic carbocycles. The summed E-state index contributed by atoms with van der Waals surface area (Å²) in [4.78, 5) is 18.8. The van der Waals surface area contributed by atoms with Crippen LogP contribution in [0.2, 0.25) is 0 Å². The molecule has 2 aromatic rings. The number of nitro benzene ring substituents is 1. The number of aromatic nitrogens is 2. The second-order valence-electron chi connectivity index (χ2n) is 4.32. The first-order valence-corrected chi connectivity index (χ1v) is 6.76. The molecule has 104 valence electrons. The summed E-state index contributed by atoms with van der Waals surface area (Å²) in [6, 6.07) is 4.77. The molecule has 0 saturated heterocycles. The van der Waals surface area contributed by atoms with Gasteiger partial charge in [-0.3, -0.25) is 20.1 Å². The van der Waals surface area contributed by atoms with E-state index in [1.54, 1.807) is 24.5 Å². The minimum absolute atomic E-state index is 0.0406. The largest absolute Gasteiger partial charge is 0.377 e. The quantitative estimate of drug-likeness (QED) is 0.681. The van der Waals surface area contributed by atoms with Gasteiger partial charge in [0.2, 0.25) is 0 Å². The van der Waals surface area contributed by atoms with E-state index in [9.17, 15) is 10.1 Å². The maximum atomic E-state index is 10.8. The smallest absolute Gasteiger partial charge is 0.283 e. The predicted molar refractivity (Wildman–Crippen MR) is 79.6 cm³/mol. The van der Waals surface area contributed by atoms with Crippen molar-refractivity contribution in [3.05, 3.63) is 56.6 Å². The molecule has 0 fully saturated rings. The third-order valence-electron chi connectivity index (χ3n) is 2.86. The van der Waals surface area contributed by atoms with Gasteiger partial charge in [-0.1, -0.05) is 0 Å². The van der Waals surface area contributed by atoms with E-state index < -0.39 is 4.92 Å². The van der Waals surface area contributed by atoms with Crippen molar-refractivity contribution < 1.29 is 4.92 Å².